The summed E-state index contributed by atoms with van der Waals surface area (Å²) in [5.41, 5.74) is -3.78. The maximum atomic E-state index is 12.7. The number of benzene rings is 1. The van der Waals surface area contributed by atoms with Crippen LogP contribution >= 0.6 is 0 Å². The molecular weight excluding hydrogens is 423 g/mol. The molecule has 2 aliphatic rings. The van der Waals surface area contributed by atoms with Crippen LogP contribution in [0.1, 0.15) is 56.6 Å². The van der Waals surface area contributed by atoms with Crippen molar-refractivity contribution in [2.24, 2.45) is 5.92 Å². The van der Waals surface area contributed by atoms with E-state index in [1.54, 1.807) is 17.9 Å². The van der Waals surface area contributed by atoms with Gasteiger partial charge in [0.15, 0.2) is 0 Å². The zero-order valence-corrected chi connectivity index (χ0v) is 17.8. The topological polar surface area (TPSA) is 72.9 Å². The van der Waals surface area contributed by atoms with Gasteiger partial charge in [0.2, 0.25) is 0 Å². The number of ether oxygens (including phenoxy) is 1. The summed E-state index contributed by atoms with van der Waals surface area (Å²) >= 11 is 0. The van der Waals surface area contributed by atoms with Crippen LogP contribution in [0.25, 0.3) is 0 Å². The number of carbonyl (C=O) groups is 1. The summed E-state index contributed by atoms with van der Waals surface area (Å²) in [6, 6.07) is 4.19. The van der Waals surface area contributed by atoms with Crippen molar-refractivity contribution >= 4 is 16.2 Å². The Hall–Kier alpha value is -1.97. The molecule has 3 atom stereocenters. The summed E-state index contributed by atoms with van der Waals surface area (Å²) in [5, 5.41) is 0. The molecule has 6 nitrogen and oxygen atoms in total. The predicted octanol–water partition coefficient (Wildman–Crippen LogP) is 4.59. The standard InChI is InChI=1S/C20H26F3NO5S/c1-3-24(19(25)28-4-2)18-11-13-9-10-14(29-30(26,27)20(21,22)23)12-17(13)15-7-5-6-8-16(15)18/h9-10,12,15-16,18H,3-8,11H2,1-2H3/t15?,16-,18-/m0/s1. The second-order valence-electron chi connectivity index (χ2n) is 7.66. The lowest BCUT2D eigenvalue weighted by Crippen LogP contribution is -2.50. The minimum absolute atomic E-state index is 0.0214. The number of halogens is 3. The highest BCUT2D eigenvalue weighted by molar-refractivity contribution is 7.88. The fraction of sp³-hybridized carbons (Fsp3) is 0.650. The van der Waals surface area contributed by atoms with Crippen molar-refractivity contribution in [3.05, 3.63) is 29.3 Å². The van der Waals surface area contributed by atoms with Gasteiger partial charge in [-0.1, -0.05) is 18.9 Å². The summed E-state index contributed by atoms with van der Waals surface area (Å²) in [6.45, 7) is 4.42. The molecule has 0 heterocycles. The third-order valence-corrected chi connectivity index (χ3v) is 6.97. The smallest absolute Gasteiger partial charge is 0.450 e. The van der Waals surface area contributed by atoms with Gasteiger partial charge in [0.1, 0.15) is 5.75 Å². The van der Waals surface area contributed by atoms with Crippen LogP contribution < -0.4 is 4.18 Å². The first-order chi connectivity index (χ1) is 14.1. The van der Waals surface area contributed by atoms with E-state index < -0.39 is 15.6 Å². The van der Waals surface area contributed by atoms with Crippen molar-refractivity contribution < 1.29 is 35.3 Å². The number of amides is 1. The van der Waals surface area contributed by atoms with Gasteiger partial charge in [-0.3, -0.25) is 0 Å². The van der Waals surface area contributed by atoms with Gasteiger partial charge in [-0.25, -0.2) is 4.79 Å². The molecule has 0 aromatic heterocycles. The van der Waals surface area contributed by atoms with E-state index in [9.17, 15) is 26.4 Å². The molecule has 1 amide bonds. The molecule has 0 N–H and O–H groups in total. The van der Waals surface area contributed by atoms with Crippen molar-refractivity contribution in [2.45, 2.75) is 63.4 Å². The number of hydrogen-bond donors (Lipinski definition) is 0. The number of likely N-dealkylation sites (N-methyl/N-ethyl adjacent to an activating group) is 1. The fourth-order valence-corrected chi connectivity index (χ4v) is 5.21. The van der Waals surface area contributed by atoms with Gasteiger partial charge in [0, 0.05) is 12.6 Å². The number of hydrogen-bond acceptors (Lipinski definition) is 5. The quantitative estimate of drug-likeness (QED) is 0.486. The molecule has 1 fully saturated rings. The minimum Gasteiger partial charge on any atom is -0.450 e. The summed E-state index contributed by atoms with van der Waals surface area (Å²) in [6.07, 6.45) is 3.85. The highest BCUT2D eigenvalue weighted by Gasteiger charge is 2.49. The van der Waals surface area contributed by atoms with Crippen LogP contribution in [0.15, 0.2) is 18.2 Å². The first-order valence-electron chi connectivity index (χ1n) is 10.2. The van der Waals surface area contributed by atoms with E-state index >= 15 is 0 Å². The highest BCUT2D eigenvalue weighted by atomic mass is 32.2. The Morgan fingerprint density at radius 1 is 1.20 bits per heavy atom. The van der Waals surface area contributed by atoms with E-state index in [0.717, 1.165) is 36.8 Å². The zero-order chi connectivity index (χ0) is 22.1. The lowest BCUT2D eigenvalue weighted by molar-refractivity contribution is -0.0500. The van der Waals surface area contributed by atoms with Gasteiger partial charge >= 0.3 is 21.7 Å². The monoisotopic (exact) mass is 449 g/mol. The molecule has 0 radical (unpaired) electrons. The summed E-state index contributed by atoms with van der Waals surface area (Å²) in [7, 11) is -5.72. The van der Waals surface area contributed by atoms with E-state index in [4.69, 9.17) is 4.74 Å². The zero-order valence-electron chi connectivity index (χ0n) is 16.9. The van der Waals surface area contributed by atoms with E-state index in [1.165, 1.54) is 12.1 Å². The Morgan fingerprint density at radius 3 is 2.53 bits per heavy atom. The van der Waals surface area contributed by atoms with Crippen LogP contribution in [-0.4, -0.2) is 44.1 Å². The third kappa shape index (κ3) is 4.38. The van der Waals surface area contributed by atoms with Crippen molar-refractivity contribution in [3.8, 4) is 5.75 Å². The lowest BCUT2D eigenvalue weighted by atomic mass is 9.65. The number of nitrogens with zero attached hydrogens (tertiary/aromatic N) is 1. The molecule has 1 saturated carbocycles. The van der Waals surface area contributed by atoms with Crippen LogP contribution in [0, 0.1) is 5.92 Å². The molecule has 0 aliphatic heterocycles. The number of fused-ring (bicyclic) bond motifs is 3. The average Bonchev–Trinajstić information content (AvgIpc) is 2.68. The Bertz CT molecular complexity index is 887. The van der Waals surface area contributed by atoms with Crippen LogP contribution in [0.3, 0.4) is 0 Å². The first kappa shape index (κ1) is 22.7. The highest BCUT2D eigenvalue weighted by Crippen LogP contribution is 2.47. The van der Waals surface area contributed by atoms with Gasteiger partial charge in [-0.15, -0.1) is 0 Å². The van der Waals surface area contributed by atoms with E-state index in [0.29, 0.717) is 13.0 Å². The predicted molar refractivity (Wildman–Crippen MR) is 104 cm³/mol. The maximum absolute atomic E-state index is 12.7. The van der Waals surface area contributed by atoms with Crippen molar-refractivity contribution in [1.29, 1.82) is 0 Å². The van der Waals surface area contributed by atoms with Crippen molar-refractivity contribution in [1.82, 2.24) is 4.90 Å². The number of alkyl halides is 3. The van der Waals surface area contributed by atoms with Crippen molar-refractivity contribution in [3.63, 3.8) is 0 Å². The molecule has 1 aromatic carbocycles. The molecule has 168 valence electrons. The van der Waals surface area contributed by atoms with Crippen LogP contribution in [0.2, 0.25) is 0 Å². The normalized spacial score (nSPS) is 23.8. The Balaban J connectivity index is 1.94. The fourth-order valence-electron chi connectivity index (χ4n) is 4.76. The average molecular weight is 449 g/mol. The second kappa shape index (κ2) is 8.64. The van der Waals surface area contributed by atoms with Gasteiger partial charge in [0.25, 0.3) is 0 Å². The van der Waals surface area contributed by atoms with Crippen LogP contribution in [-0.2, 0) is 21.3 Å². The van der Waals surface area contributed by atoms with Gasteiger partial charge in [0.05, 0.1) is 6.61 Å². The van der Waals surface area contributed by atoms with E-state index in [1.807, 2.05) is 6.92 Å². The van der Waals surface area contributed by atoms with Crippen LogP contribution in [0.4, 0.5) is 18.0 Å². The Kier molecular flexibility index (Phi) is 6.54. The number of carbonyl (C=O) groups excluding carboxylic acids is 1. The molecule has 10 heteroatoms. The Labute approximate surface area is 174 Å². The molecule has 2 aliphatic carbocycles. The summed E-state index contributed by atoms with van der Waals surface area (Å²) in [5.74, 6) is -0.190. The minimum atomic E-state index is -5.72. The molecule has 1 aromatic rings. The van der Waals surface area contributed by atoms with E-state index in [-0.39, 0.29) is 36.3 Å². The third-order valence-electron chi connectivity index (χ3n) is 5.99. The van der Waals surface area contributed by atoms with Crippen molar-refractivity contribution in [2.75, 3.05) is 13.2 Å². The second-order valence-corrected chi connectivity index (χ2v) is 9.19. The molecule has 0 spiro atoms. The van der Waals surface area contributed by atoms with Gasteiger partial charge in [-0.05, 0) is 68.2 Å². The SMILES string of the molecule is CCOC(=O)N(CC)[C@H]1Cc2ccc(OS(=O)(=O)C(F)(F)F)cc2C2CCCC[C@@H]21. The Morgan fingerprint density at radius 2 is 1.90 bits per heavy atom. The molecule has 30 heavy (non-hydrogen) atoms. The van der Waals surface area contributed by atoms with E-state index in [2.05, 4.69) is 4.18 Å². The van der Waals surface area contributed by atoms with Gasteiger partial charge < -0.3 is 13.8 Å². The van der Waals surface area contributed by atoms with Gasteiger partial charge in [-0.2, -0.15) is 21.6 Å². The molecule has 3 rings (SSSR count). The molecule has 0 saturated heterocycles. The first-order valence-corrected chi connectivity index (χ1v) is 11.6. The summed E-state index contributed by atoms with van der Waals surface area (Å²) in [4.78, 5) is 14.2. The maximum Gasteiger partial charge on any atom is 0.534 e. The molecular formula is C20H26F3NO5S. The summed E-state index contributed by atoms with van der Waals surface area (Å²) < 4.78 is 70.4. The largest absolute Gasteiger partial charge is 0.534 e. The van der Waals surface area contributed by atoms with Crippen LogP contribution in [0.5, 0.6) is 5.75 Å². The number of rotatable bonds is 5. The molecule has 1 unspecified atom stereocenters. The lowest BCUT2D eigenvalue weighted by Gasteiger charge is -2.46. The molecule has 0 bridgehead atoms.